The fourth-order valence-electron chi connectivity index (χ4n) is 0.664. The lowest BCUT2D eigenvalue weighted by molar-refractivity contribution is 0.164. The van der Waals surface area contributed by atoms with Gasteiger partial charge < -0.3 is 4.74 Å². The third-order valence-electron chi connectivity index (χ3n) is 1.32. The van der Waals surface area contributed by atoms with Crippen molar-refractivity contribution in [1.82, 2.24) is 9.97 Å². The van der Waals surface area contributed by atoms with Gasteiger partial charge in [0, 0.05) is 6.07 Å². The summed E-state index contributed by atoms with van der Waals surface area (Å²) in [6.07, 6.45) is 6.67. The van der Waals surface area contributed by atoms with Gasteiger partial charge in [-0.25, -0.2) is 9.97 Å². The SMILES string of the molecule is C#CC(C)(C)Oc1cc(Br)ncn1. The van der Waals surface area contributed by atoms with Crippen molar-refractivity contribution in [3.63, 3.8) is 0 Å². The van der Waals surface area contributed by atoms with Crippen molar-refractivity contribution in [3.05, 3.63) is 17.0 Å². The molecule has 0 saturated heterocycles. The molecule has 1 rings (SSSR count). The average molecular weight is 241 g/mol. The first kappa shape index (κ1) is 10.0. The van der Waals surface area contributed by atoms with Gasteiger partial charge in [-0.2, -0.15) is 0 Å². The number of halogens is 1. The summed E-state index contributed by atoms with van der Waals surface area (Å²) in [4.78, 5) is 7.78. The molecule has 0 saturated carbocycles. The molecule has 13 heavy (non-hydrogen) atoms. The molecule has 1 aromatic heterocycles. The van der Waals surface area contributed by atoms with Gasteiger partial charge in [0.1, 0.15) is 10.9 Å². The molecule has 0 aliphatic rings. The average Bonchev–Trinajstić information content (AvgIpc) is 2.03. The maximum atomic E-state index is 5.41. The van der Waals surface area contributed by atoms with E-state index in [9.17, 15) is 0 Å². The minimum atomic E-state index is -0.645. The molecule has 0 fully saturated rings. The second kappa shape index (κ2) is 3.75. The Bertz CT molecular complexity index is 344. The van der Waals surface area contributed by atoms with Crippen LogP contribution in [0.2, 0.25) is 0 Å². The molecule has 0 amide bonds. The minimum absolute atomic E-state index is 0.463. The number of ether oxygens (including phenoxy) is 1. The van der Waals surface area contributed by atoms with Gasteiger partial charge in [0.25, 0.3) is 0 Å². The molecule has 4 heteroatoms. The highest BCUT2D eigenvalue weighted by Gasteiger charge is 2.16. The standard InChI is InChI=1S/C9H9BrN2O/c1-4-9(2,3)13-8-5-7(10)11-6-12-8/h1,5-6H,2-3H3. The molecular weight excluding hydrogens is 232 g/mol. The summed E-state index contributed by atoms with van der Waals surface area (Å²) in [7, 11) is 0. The van der Waals surface area contributed by atoms with Crippen molar-refractivity contribution < 1.29 is 4.74 Å². The Kier molecular flexibility index (Phi) is 2.89. The number of hydrogen-bond acceptors (Lipinski definition) is 3. The highest BCUT2D eigenvalue weighted by Crippen LogP contribution is 2.17. The van der Waals surface area contributed by atoms with E-state index in [2.05, 4.69) is 31.8 Å². The van der Waals surface area contributed by atoms with Crippen LogP contribution in [-0.2, 0) is 0 Å². The van der Waals surface area contributed by atoms with Crippen LogP contribution in [0, 0.1) is 12.3 Å². The Morgan fingerprint density at radius 3 is 2.77 bits per heavy atom. The van der Waals surface area contributed by atoms with E-state index in [0.717, 1.165) is 0 Å². The van der Waals surface area contributed by atoms with Crippen molar-refractivity contribution >= 4 is 15.9 Å². The summed E-state index contributed by atoms with van der Waals surface area (Å²) in [5, 5.41) is 0. The Labute approximate surface area is 85.7 Å². The van der Waals surface area contributed by atoms with Crippen LogP contribution in [0.5, 0.6) is 5.88 Å². The second-order valence-electron chi connectivity index (χ2n) is 2.94. The van der Waals surface area contributed by atoms with E-state index in [1.807, 2.05) is 0 Å². The summed E-state index contributed by atoms with van der Waals surface area (Å²) in [6, 6.07) is 1.67. The third-order valence-corrected chi connectivity index (χ3v) is 1.75. The van der Waals surface area contributed by atoms with Crippen molar-refractivity contribution in [1.29, 1.82) is 0 Å². The Morgan fingerprint density at radius 1 is 1.54 bits per heavy atom. The van der Waals surface area contributed by atoms with E-state index >= 15 is 0 Å². The lowest BCUT2D eigenvalue weighted by Crippen LogP contribution is -2.25. The van der Waals surface area contributed by atoms with Crippen LogP contribution in [0.3, 0.4) is 0 Å². The molecule has 0 bridgehead atoms. The topological polar surface area (TPSA) is 35.0 Å². The van der Waals surface area contributed by atoms with Gasteiger partial charge in [0.2, 0.25) is 5.88 Å². The molecule has 0 radical (unpaired) electrons. The van der Waals surface area contributed by atoms with Gasteiger partial charge >= 0.3 is 0 Å². The summed E-state index contributed by atoms with van der Waals surface area (Å²) in [5.74, 6) is 2.97. The minimum Gasteiger partial charge on any atom is -0.458 e. The fourth-order valence-corrected chi connectivity index (χ4v) is 0.951. The van der Waals surface area contributed by atoms with Crippen LogP contribution in [-0.4, -0.2) is 15.6 Å². The number of aromatic nitrogens is 2. The van der Waals surface area contributed by atoms with Crippen molar-refractivity contribution in [2.45, 2.75) is 19.4 Å². The molecular formula is C9H9BrN2O. The zero-order chi connectivity index (χ0) is 9.90. The van der Waals surface area contributed by atoms with Crippen LogP contribution in [0.15, 0.2) is 17.0 Å². The zero-order valence-corrected chi connectivity index (χ0v) is 9.00. The molecule has 0 aliphatic carbocycles. The van der Waals surface area contributed by atoms with E-state index in [1.165, 1.54) is 6.33 Å². The number of nitrogens with zero attached hydrogens (tertiary/aromatic N) is 2. The molecule has 0 spiro atoms. The molecule has 0 aromatic carbocycles. The van der Waals surface area contributed by atoms with E-state index in [0.29, 0.717) is 10.5 Å². The van der Waals surface area contributed by atoms with Gasteiger partial charge in [-0.15, -0.1) is 6.42 Å². The highest BCUT2D eigenvalue weighted by atomic mass is 79.9. The van der Waals surface area contributed by atoms with Gasteiger partial charge in [0.15, 0.2) is 5.60 Å². The van der Waals surface area contributed by atoms with Crippen molar-refractivity contribution in [2.75, 3.05) is 0 Å². The molecule has 0 aliphatic heterocycles. The van der Waals surface area contributed by atoms with Crippen LogP contribution in [0.4, 0.5) is 0 Å². The van der Waals surface area contributed by atoms with E-state index in [1.54, 1.807) is 19.9 Å². The summed E-state index contributed by atoms with van der Waals surface area (Å²) in [6.45, 7) is 3.59. The maximum absolute atomic E-state index is 5.41. The Hall–Kier alpha value is -1.08. The summed E-state index contributed by atoms with van der Waals surface area (Å²) >= 11 is 3.21. The Morgan fingerprint density at radius 2 is 2.23 bits per heavy atom. The van der Waals surface area contributed by atoms with Gasteiger partial charge in [-0.3, -0.25) is 0 Å². The number of hydrogen-bond donors (Lipinski definition) is 0. The van der Waals surface area contributed by atoms with Gasteiger partial charge in [-0.1, -0.05) is 5.92 Å². The molecule has 3 nitrogen and oxygen atoms in total. The lowest BCUT2D eigenvalue weighted by Gasteiger charge is -2.18. The van der Waals surface area contributed by atoms with Crippen LogP contribution in [0.1, 0.15) is 13.8 Å². The number of terminal acetylenes is 1. The normalized spacial score (nSPS) is 10.6. The Balaban J connectivity index is 2.82. The summed E-state index contributed by atoms with van der Waals surface area (Å²) in [5.41, 5.74) is -0.645. The van der Waals surface area contributed by atoms with Crippen LogP contribution < -0.4 is 4.74 Å². The fraction of sp³-hybridized carbons (Fsp3) is 0.333. The third kappa shape index (κ3) is 3.03. The van der Waals surface area contributed by atoms with Crippen LogP contribution >= 0.6 is 15.9 Å². The largest absolute Gasteiger partial charge is 0.458 e. The van der Waals surface area contributed by atoms with E-state index in [-0.39, 0.29) is 0 Å². The lowest BCUT2D eigenvalue weighted by atomic mass is 10.1. The molecule has 1 aromatic rings. The first-order valence-electron chi connectivity index (χ1n) is 3.68. The predicted octanol–water partition coefficient (Wildman–Crippen LogP) is 2.03. The quantitative estimate of drug-likeness (QED) is 0.587. The van der Waals surface area contributed by atoms with Gasteiger partial charge in [-0.05, 0) is 29.8 Å². The molecule has 0 atom stereocenters. The first-order valence-corrected chi connectivity index (χ1v) is 4.47. The second-order valence-corrected chi connectivity index (χ2v) is 3.75. The van der Waals surface area contributed by atoms with Gasteiger partial charge in [0.05, 0.1) is 0 Å². The highest BCUT2D eigenvalue weighted by molar-refractivity contribution is 9.10. The molecule has 0 N–H and O–H groups in total. The van der Waals surface area contributed by atoms with E-state index < -0.39 is 5.60 Å². The van der Waals surface area contributed by atoms with Crippen LogP contribution in [0.25, 0.3) is 0 Å². The first-order chi connectivity index (χ1) is 6.03. The van der Waals surface area contributed by atoms with Crippen molar-refractivity contribution in [2.24, 2.45) is 0 Å². The monoisotopic (exact) mass is 240 g/mol. The molecule has 68 valence electrons. The van der Waals surface area contributed by atoms with E-state index in [4.69, 9.17) is 11.2 Å². The number of rotatable bonds is 2. The summed E-state index contributed by atoms with van der Waals surface area (Å²) < 4.78 is 6.09. The zero-order valence-electron chi connectivity index (χ0n) is 7.41. The predicted molar refractivity (Wildman–Crippen MR) is 53.3 cm³/mol. The molecule has 0 unspecified atom stereocenters. The maximum Gasteiger partial charge on any atom is 0.218 e. The smallest absolute Gasteiger partial charge is 0.218 e. The van der Waals surface area contributed by atoms with Crippen molar-refractivity contribution in [3.8, 4) is 18.2 Å². The molecule has 1 heterocycles.